The minimum absolute atomic E-state index is 0.0964. The first-order valence-electron chi connectivity index (χ1n) is 7.21. The van der Waals surface area contributed by atoms with E-state index in [0.29, 0.717) is 23.8 Å². The first kappa shape index (κ1) is 15.5. The van der Waals surface area contributed by atoms with Gasteiger partial charge in [-0.25, -0.2) is 9.97 Å². The number of hydrogen-bond acceptors (Lipinski definition) is 6. The molecule has 0 aliphatic heterocycles. The van der Waals surface area contributed by atoms with Crippen molar-refractivity contribution in [3.8, 4) is 0 Å². The third kappa shape index (κ3) is 3.87. The van der Waals surface area contributed by atoms with E-state index in [4.69, 9.17) is 4.52 Å². The van der Waals surface area contributed by atoms with E-state index in [9.17, 15) is 4.79 Å². The zero-order valence-electron chi connectivity index (χ0n) is 12.9. The minimum atomic E-state index is -0.0964. The Balaban J connectivity index is 1.61. The Morgan fingerprint density at radius 3 is 2.87 bits per heavy atom. The Hall–Kier alpha value is -2.41. The van der Waals surface area contributed by atoms with Gasteiger partial charge in [0.05, 0.1) is 5.52 Å². The van der Waals surface area contributed by atoms with Crippen molar-refractivity contribution >= 4 is 34.4 Å². The highest BCUT2D eigenvalue weighted by atomic mass is 32.2. The molecule has 118 valence electrons. The fourth-order valence-corrected chi connectivity index (χ4v) is 3.15. The zero-order valence-corrected chi connectivity index (χ0v) is 13.7. The summed E-state index contributed by atoms with van der Waals surface area (Å²) in [5.74, 6) is 2.37. The average molecular weight is 328 g/mol. The average Bonchev–Trinajstić information content (AvgIpc) is 2.92. The van der Waals surface area contributed by atoms with E-state index in [1.54, 1.807) is 24.8 Å². The van der Waals surface area contributed by atoms with Gasteiger partial charge in [0.1, 0.15) is 16.6 Å². The molecule has 0 bridgehead atoms. The molecule has 6 nitrogen and oxygen atoms in total. The Kier molecular flexibility index (Phi) is 4.57. The summed E-state index contributed by atoms with van der Waals surface area (Å²) in [7, 11) is 0. The van der Waals surface area contributed by atoms with Gasteiger partial charge < -0.3 is 9.84 Å². The number of benzene rings is 1. The van der Waals surface area contributed by atoms with Crippen molar-refractivity contribution in [1.82, 2.24) is 15.1 Å². The molecule has 0 saturated carbocycles. The summed E-state index contributed by atoms with van der Waals surface area (Å²) in [6.07, 6.45) is 0.369. The summed E-state index contributed by atoms with van der Waals surface area (Å²) in [6, 6.07) is 9.57. The smallest absolute Gasteiger partial charge is 0.226 e. The third-order valence-electron chi connectivity index (χ3n) is 3.14. The van der Waals surface area contributed by atoms with Crippen molar-refractivity contribution in [2.45, 2.75) is 25.3 Å². The quantitative estimate of drug-likeness (QED) is 0.571. The Bertz CT molecular complexity index is 847. The second-order valence-corrected chi connectivity index (χ2v) is 6.15. The van der Waals surface area contributed by atoms with E-state index in [-0.39, 0.29) is 5.91 Å². The number of hydrogen-bond donors (Lipinski definition) is 1. The number of nitrogens with one attached hydrogen (secondary N) is 1. The first-order valence-corrected chi connectivity index (χ1v) is 8.20. The molecule has 0 aliphatic rings. The highest BCUT2D eigenvalue weighted by Gasteiger charge is 2.09. The lowest BCUT2D eigenvalue weighted by Crippen LogP contribution is -2.12. The van der Waals surface area contributed by atoms with Crippen molar-refractivity contribution in [3.05, 3.63) is 41.9 Å². The summed E-state index contributed by atoms with van der Waals surface area (Å²) in [6.45, 7) is 3.65. The summed E-state index contributed by atoms with van der Waals surface area (Å²) >= 11 is 1.55. The van der Waals surface area contributed by atoms with Gasteiger partial charge in [-0.2, -0.15) is 0 Å². The molecule has 0 saturated heterocycles. The van der Waals surface area contributed by atoms with Crippen molar-refractivity contribution in [2.75, 3.05) is 11.1 Å². The molecule has 0 spiro atoms. The van der Waals surface area contributed by atoms with E-state index in [1.165, 1.54) is 0 Å². The van der Waals surface area contributed by atoms with E-state index in [2.05, 4.69) is 20.4 Å². The number of aromatic nitrogens is 3. The van der Waals surface area contributed by atoms with E-state index in [1.807, 2.05) is 31.2 Å². The fraction of sp³-hybridized carbons (Fsp3) is 0.250. The standard InChI is InChI=1S/C16H16N4O2S/c1-10-9-14(20-22-10)19-15(21)7-8-23-16-12-5-3-4-6-13(12)17-11(2)18-16/h3-6,9H,7-8H2,1-2H3,(H,19,20,21). The van der Waals surface area contributed by atoms with Gasteiger partial charge in [-0.1, -0.05) is 23.4 Å². The van der Waals surface area contributed by atoms with Crippen molar-refractivity contribution < 1.29 is 9.32 Å². The Morgan fingerprint density at radius 1 is 1.26 bits per heavy atom. The van der Waals surface area contributed by atoms with Gasteiger partial charge in [-0.05, 0) is 19.9 Å². The molecular weight excluding hydrogens is 312 g/mol. The van der Waals surface area contributed by atoms with Gasteiger partial charge in [-0.15, -0.1) is 11.8 Å². The number of thioether (sulfide) groups is 1. The molecule has 23 heavy (non-hydrogen) atoms. The lowest BCUT2D eigenvalue weighted by Gasteiger charge is -2.06. The SMILES string of the molecule is Cc1nc(SCCC(=O)Nc2cc(C)on2)c2ccccc2n1. The molecule has 7 heteroatoms. The maximum atomic E-state index is 11.9. The van der Waals surface area contributed by atoms with Crippen LogP contribution in [0, 0.1) is 13.8 Å². The highest BCUT2D eigenvalue weighted by molar-refractivity contribution is 7.99. The molecule has 1 aromatic carbocycles. The lowest BCUT2D eigenvalue weighted by atomic mass is 10.2. The number of aryl methyl sites for hydroxylation is 2. The van der Waals surface area contributed by atoms with Crippen LogP contribution in [0.5, 0.6) is 0 Å². The number of carbonyl (C=O) groups excluding carboxylic acids is 1. The zero-order chi connectivity index (χ0) is 16.2. The number of amides is 1. The van der Waals surface area contributed by atoms with Crippen LogP contribution >= 0.6 is 11.8 Å². The minimum Gasteiger partial charge on any atom is -0.360 e. The molecule has 2 heterocycles. The number of rotatable bonds is 5. The van der Waals surface area contributed by atoms with Gasteiger partial charge in [0.15, 0.2) is 5.82 Å². The number of carbonyl (C=O) groups is 1. The molecule has 1 N–H and O–H groups in total. The number of fused-ring (bicyclic) bond motifs is 1. The maximum Gasteiger partial charge on any atom is 0.226 e. The maximum absolute atomic E-state index is 11.9. The van der Waals surface area contributed by atoms with Gasteiger partial charge >= 0.3 is 0 Å². The molecule has 0 fully saturated rings. The molecule has 0 aliphatic carbocycles. The highest BCUT2D eigenvalue weighted by Crippen LogP contribution is 2.25. The number of anilines is 1. The molecule has 1 amide bonds. The molecule has 0 radical (unpaired) electrons. The molecule has 3 aromatic rings. The molecule has 3 rings (SSSR count). The molecule has 0 unspecified atom stereocenters. The largest absolute Gasteiger partial charge is 0.360 e. The van der Waals surface area contributed by atoms with Crippen LogP contribution in [0.25, 0.3) is 10.9 Å². The fourth-order valence-electron chi connectivity index (χ4n) is 2.14. The molecule has 2 aromatic heterocycles. The number of para-hydroxylation sites is 1. The van der Waals surface area contributed by atoms with Gasteiger partial charge in [-0.3, -0.25) is 4.79 Å². The van der Waals surface area contributed by atoms with Crippen LogP contribution in [0.3, 0.4) is 0 Å². The molecular formula is C16H16N4O2S. The van der Waals surface area contributed by atoms with Crippen LogP contribution in [-0.4, -0.2) is 26.8 Å². The van der Waals surface area contributed by atoms with Crippen molar-refractivity contribution in [2.24, 2.45) is 0 Å². The summed E-state index contributed by atoms with van der Waals surface area (Å²) in [4.78, 5) is 20.8. The van der Waals surface area contributed by atoms with Crippen LogP contribution in [0.15, 0.2) is 39.9 Å². The third-order valence-corrected chi connectivity index (χ3v) is 4.14. The second-order valence-electron chi connectivity index (χ2n) is 5.06. The summed E-state index contributed by atoms with van der Waals surface area (Å²) in [5.41, 5.74) is 0.921. The van der Waals surface area contributed by atoms with E-state index in [0.717, 1.165) is 21.8 Å². The van der Waals surface area contributed by atoms with Crippen LogP contribution in [0.4, 0.5) is 5.82 Å². The van der Waals surface area contributed by atoms with Crippen LogP contribution in [-0.2, 0) is 4.79 Å². The van der Waals surface area contributed by atoms with E-state index >= 15 is 0 Å². The van der Waals surface area contributed by atoms with Crippen LogP contribution in [0.1, 0.15) is 18.0 Å². The lowest BCUT2D eigenvalue weighted by molar-refractivity contribution is -0.115. The van der Waals surface area contributed by atoms with Gasteiger partial charge in [0, 0.05) is 23.6 Å². The van der Waals surface area contributed by atoms with Crippen molar-refractivity contribution in [3.63, 3.8) is 0 Å². The van der Waals surface area contributed by atoms with Gasteiger partial charge in [0.25, 0.3) is 0 Å². The van der Waals surface area contributed by atoms with Crippen molar-refractivity contribution in [1.29, 1.82) is 0 Å². The predicted molar refractivity (Wildman–Crippen MR) is 89.5 cm³/mol. The predicted octanol–water partition coefficient (Wildman–Crippen LogP) is 3.36. The Morgan fingerprint density at radius 2 is 2.09 bits per heavy atom. The topological polar surface area (TPSA) is 80.9 Å². The molecule has 0 atom stereocenters. The van der Waals surface area contributed by atoms with E-state index < -0.39 is 0 Å². The number of nitrogens with zero attached hydrogens (tertiary/aromatic N) is 3. The monoisotopic (exact) mass is 328 g/mol. The normalized spacial score (nSPS) is 10.9. The van der Waals surface area contributed by atoms with Crippen LogP contribution in [0.2, 0.25) is 0 Å². The van der Waals surface area contributed by atoms with Crippen LogP contribution < -0.4 is 5.32 Å². The summed E-state index contributed by atoms with van der Waals surface area (Å²) in [5, 5.41) is 8.36. The first-order chi connectivity index (χ1) is 11.1. The Labute approximate surface area is 137 Å². The van der Waals surface area contributed by atoms with Gasteiger partial charge in [0.2, 0.25) is 5.91 Å². The summed E-state index contributed by atoms with van der Waals surface area (Å²) < 4.78 is 4.91. The second kappa shape index (κ2) is 6.78.